The van der Waals surface area contributed by atoms with Gasteiger partial charge in [0.15, 0.2) is 6.61 Å². The monoisotopic (exact) mass is 369 g/mol. The molecule has 27 heavy (non-hydrogen) atoms. The molecule has 0 bridgehead atoms. The number of nitrogens with zero attached hydrogens (tertiary/aromatic N) is 4. The second-order valence-corrected chi connectivity index (χ2v) is 6.65. The molecule has 7 nitrogen and oxygen atoms in total. The topological polar surface area (TPSA) is 70.6 Å². The van der Waals surface area contributed by atoms with E-state index >= 15 is 0 Å². The number of aryl methyl sites for hydroxylation is 2. The summed E-state index contributed by atoms with van der Waals surface area (Å²) in [5, 5.41) is 3.23. The molecule has 7 heteroatoms. The maximum Gasteiger partial charge on any atom is 0.260 e. The van der Waals surface area contributed by atoms with Gasteiger partial charge < -0.3 is 19.9 Å². The quantitative estimate of drug-likeness (QED) is 0.842. The van der Waals surface area contributed by atoms with E-state index in [2.05, 4.69) is 20.2 Å². The molecule has 0 radical (unpaired) electrons. The van der Waals surface area contributed by atoms with Crippen molar-refractivity contribution in [2.75, 3.05) is 49.5 Å². The van der Waals surface area contributed by atoms with E-state index in [1.54, 1.807) is 0 Å². The first-order valence-corrected chi connectivity index (χ1v) is 9.37. The Morgan fingerprint density at radius 2 is 1.89 bits per heavy atom. The minimum atomic E-state index is 0.0106. The lowest BCUT2D eigenvalue weighted by atomic mass is 10.2. The van der Waals surface area contributed by atoms with Crippen molar-refractivity contribution < 1.29 is 9.53 Å². The Balaban J connectivity index is 1.54. The summed E-state index contributed by atoms with van der Waals surface area (Å²) in [7, 11) is 0. The van der Waals surface area contributed by atoms with Crippen LogP contribution in [-0.2, 0) is 4.79 Å². The van der Waals surface area contributed by atoms with Crippen LogP contribution in [-0.4, -0.2) is 60.1 Å². The van der Waals surface area contributed by atoms with Gasteiger partial charge in [0.05, 0.1) is 0 Å². The first kappa shape index (κ1) is 18.9. The number of anilines is 2. The molecule has 1 aliphatic rings. The van der Waals surface area contributed by atoms with E-state index in [0.717, 1.165) is 29.4 Å². The first-order valence-electron chi connectivity index (χ1n) is 9.37. The lowest BCUT2D eigenvalue weighted by Crippen LogP contribution is -2.50. The summed E-state index contributed by atoms with van der Waals surface area (Å²) in [6, 6.07) is 9.67. The second kappa shape index (κ2) is 8.70. The third-order valence-electron chi connectivity index (χ3n) is 4.56. The van der Waals surface area contributed by atoms with Gasteiger partial charge in [-0.2, -0.15) is 4.98 Å². The average Bonchev–Trinajstić information content (AvgIpc) is 2.67. The number of nitrogens with one attached hydrogen (secondary N) is 1. The van der Waals surface area contributed by atoms with E-state index < -0.39 is 0 Å². The average molecular weight is 369 g/mol. The lowest BCUT2D eigenvalue weighted by Gasteiger charge is -2.34. The molecule has 144 valence electrons. The van der Waals surface area contributed by atoms with Gasteiger partial charge in [-0.25, -0.2) is 4.98 Å². The van der Waals surface area contributed by atoms with Gasteiger partial charge in [0.2, 0.25) is 5.95 Å². The molecule has 1 aromatic heterocycles. The minimum Gasteiger partial charge on any atom is -0.484 e. The van der Waals surface area contributed by atoms with Gasteiger partial charge in [0, 0.05) is 44.5 Å². The number of aromatic nitrogens is 2. The molecule has 0 atom stereocenters. The van der Waals surface area contributed by atoms with Crippen LogP contribution in [0, 0.1) is 13.8 Å². The van der Waals surface area contributed by atoms with Crippen molar-refractivity contribution in [2.24, 2.45) is 0 Å². The summed E-state index contributed by atoms with van der Waals surface area (Å²) in [6.07, 6.45) is 0. The van der Waals surface area contributed by atoms with Gasteiger partial charge in [0.1, 0.15) is 11.6 Å². The maximum atomic E-state index is 12.5. The standard InChI is InChI=1S/C20H27N5O2/c1-4-21-18-13-16(3)22-20(23-18)25-11-9-24(10-12-25)19(26)14-27-17-8-6-5-7-15(17)2/h5-8,13H,4,9-12,14H2,1-3H3,(H,21,22,23). The predicted molar refractivity (Wildman–Crippen MR) is 106 cm³/mol. The Kier molecular flexibility index (Phi) is 6.11. The fraction of sp³-hybridized carbons (Fsp3) is 0.450. The number of para-hydroxylation sites is 1. The predicted octanol–water partition coefficient (Wildman–Crippen LogP) is 2.25. The molecule has 0 spiro atoms. The number of benzene rings is 1. The molecular weight excluding hydrogens is 342 g/mol. The highest BCUT2D eigenvalue weighted by Gasteiger charge is 2.23. The first-order chi connectivity index (χ1) is 13.1. The van der Waals surface area contributed by atoms with Crippen LogP contribution in [0.15, 0.2) is 30.3 Å². The smallest absolute Gasteiger partial charge is 0.260 e. The van der Waals surface area contributed by atoms with E-state index in [0.29, 0.717) is 32.1 Å². The zero-order chi connectivity index (χ0) is 19.2. The van der Waals surface area contributed by atoms with Gasteiger partial charge in [-0.1, -0.05) is 18.2 Å². The highest BCUT2D eigenvalue weighted by molar-refractivity contribution is 5.78. The van der Waals surface area contributed by atoms with E-state index in [1.807, 2.05) is 56.0 Å². The third kappa shape index (κ3) is 4.87. The molecule has 2 aromatic rings. The molecule has 1 amide bonds. The number of piperazine rings is 1. The highest BCUT2D eigenvalue weighted by atomic mass is 16.5. The molecule has 1 aromatic carbocycles. The van der Waals surface area contributed by atoms with Crippen LogP contribution in [0.3, 0.4) is 0 Å². The molecule has 3 rings (SSSR count). The van der Waals surface area contributed by atoms with Gasteiger partial charge in [0.25, 0.3) is 5.91 Å². The Hall–Kier alpha value is -2.83. The largest absolute Gasteiger partial charge is 0.484 e. The number of hydrogen-bond acceptors (Lipinski definition) is 6. The van der Waals surface area contributed by atoms with Gasteiger partial charge in [-0.15, -0.1) is 0 Å². The van der Waals surface area contributed by atoms with Crippen LogP contribution < -0.4 is 15.0 Å². The Morgan fingerprint density at radius 1 is 1.15 bits per heavy atom. The van der Waals surface area contributed by atoms with Crippen LogP contribution in [0.5, 0.6) is 5.75 Å². The molecule has 0 unspecified atom stereocenters. The molecule has 1 saturated heterocycles. The fourth-order valence-corrected chi connectivity index (χ4v) is 3.07. The van der Waals surface area contributed by atoms with Crippen molar-refractivity contribution in [1.82, 2.24) is 14.9 Å². The molecule has 1 N–H and O–H groups in total. The zero-order valence-corrected chi connectivity index (χ0v) is 16.2. The number of amides is 1. The molecule has 2 heterocycles. The lowest BCUT2D eigenvalue weighted by molar-refractivity contribution is -0.133. The third-order valence-corrected chi connectivity index (χ3v) is 4.56. The summed E-state index contributed by atoms with van der Waals surface area (Å²) >= 11 is 0. The van der Waals surface area contributed by atoms with E-state index in [4.69, 9.17) is 4.74 Å². The Labute approximate surface area is 160 Å². The van der Waals surface area contributed by atoms with Gasteiger partial charge in [-0.3, -0.25) is 4.79 Å². The number of rotatable bonds is 6. The summed E-state index contributed by atoms with van der Waals surface area (Å²) in [5.74, 6) is 2.32. The van der Waals surface area contributed by atoms with Crippen molar-refractivity contribution >= 4 is 17.7 Å². The summed E-state index contributed by atoms with van der Waals surface area (Å²) < 4.78 is 5.68. The van der Waals surface area contributed by atoms with Crippen LogP contribution in [0.25, 0.3) is 0 Å². The molecule has 1 aliphatic heterocycles. The number of hydrogen-bond donors (Lipinski definition) is 1. The number of ether oxygens (including phenoxy) is 1. The summed E-state index contributed by atoms with van der Waals surface area (Å²) in [4.78, 5) is 25.5. The number of carbonyl (C=O) groups is 1. The van der Waals surface area contributed by atoms with Crippen molar-refractivity contribution in [3.05, 3.63) is 41.6 Å². The van der Waals surface area contributed by atoms with Gasteiger partial charge in [-0.05, 0) is 32.4 Å². The second-order valence-electron chi connectivity index (χ2n) is 6.65. The summed E-state index contributed by atoms with van der Waals surface area (Å²) in [6.45, 7) is 9.58. The molecule has 0 aliphatic carbocycles. The minimum absolute atomic E-state index is 0.0106. The molecule has 0 saturated carbocycles. The van der Waals surface area contributed by atoms with E-state index in [9.17, 15) is 4.79 Å². The summed E-state index contributed by atoms with van der Waals surface area (Å²) in [5.41, 5.74) is 1.96. The van der Waals surface area contributed by atoms with Crippen LogP contribution in [0.2, 0.25) is 0 Å². The SMILES string of the molecule is CCNc1cc(C)nc(N2CCN(C(=O)COc3ccccc3C)CC2)n1. The fourth-order valence-electron chi connectivity index (χ4n) is 3.07. The van der Waals surface area contributed by atoms with Crippen molar-refractivity contribution in [2.45, 2.75) is 20.8 Å². The van der Waals surface area contributed by atoms with Crippen LogP contribution >= 0.6 is 0 Å². The van der Waals surface area contributed by atoms with Gasteiger partial charge >= 0.3 is 0 Å². The maximum absolute atomic E-state index is 12.5. The Bertz CT molecular complexity index is 788. The van der Waals surface area contributed by atoms with E-state index in [-0.39, 0.29) is 12.5 Å². The van der Waals surface area contributed by atoms with Crippen LogP contribution in [0.1, 0.15) is 18.2 Å². The van der Waals surface area contributed by atoms with Crippen molar-refractivity contribution in [3.8, 4) is 5.75 Å². The van der Waals surface area contributed by atoms with Crippen molar-refractivity contribution in [3.63, 3.8) is 0 Å². The van der Waals surface area contributed by atoms with Crippen LogP contribution in [0.4, 0.5) is 11.8 Å². The zero-order valence-electron chi connectivity index (χ0n) is 16.2. The van der Waals surface area contributed by atoms with Crippen molar-refractivity contribution in [1.29, 1.82) is 0 Å². The number of carbonyl (C=O) groups excluding carboxylic acids is 1. The van der Waals surface area contributed by atoms with E-state index in [1.165, 1.54) is 0 Å². The molecular formula is C20H27N5O2. The highest BCUT2D eigenvalue weighted by Crippen LogP contribution is 2.18. The normalized spacial score (nSPS) is 14.2. The molecule has 1 fully saturated rings. The Morgan fingerprint density at radius 3 is 2.59 bits per heavy atom.